The van der Waals surface area contributed by atoms with Crippen LogP contribution in [0.1, 0.15) is 11.3 Å². The third kappa shape index (κ3) is 3.71. The monoisotopic (exact) mass is 273 g/mol. The first-order chi connectivity index (χ1) is 9.69. The number of rotatable bonds is 6. The Morgan fingerprint density at radius 3 is 2.75 bits per heavy atom. The van der Waals surface area contributed by atoms with Gasteiger partial charge in [-0.15, -0.1) is 0 Å². The summed E-state index contributed by atoms with van der Waals surface area (Å²) in [5.41, 5.74) is 1.36. The van der Waals surface area contributed by atoms with E-state index in [1.54, 1.807) is 37.4 Å². The third-order valence-corrected chi connectivity index (χ3v) is 2.68. The average molecular weight is 273 g/mol. The largest absolute Gasteiger partial charge is 0.487 e. The van der Waals surface area contributed by atoms with Crippen molar-refractivity contribution in [3.63, 3.8) is 0 Å². The van der Waals surface area contributed by atoms with E-state index in [1.165, 1.54) is 0 Å². The lowest BCUT2D eigenvalue weighted by atomic mass is 10.1. The lowest BCUT2D eigenvalue weighted by Crippen LogP contribution is -2.05. The summed E-state index contributed by atoms with van der Waals surface area (Å²) in [5, 5.41) is 8.86. The van der Waals surface area contributed by atoms with Crippen LogP contribution in [0.4, 0.5) is 0 Å². The highest BCUT2D eigenvalue weighted by molar-refractivity contribution is 5.71. The van der Waals surface area contributed by atoms with Crippen LogP contribution in [0.25, 0.3) is 0 Å². The topological polar surface area (TPSA) is 68.7 Å². The second-order valence-corrected chi connectivity index (χ2v) is 4.14. The van der Waals surface area contributed by atoms with Gasteiger partial charge in [-0.1, -0.05) is 24.3 Å². The van der Waals surface area contributed by atoms with Crippen molar-refractivity contribution in [1.29, 1.82) is 0 Å². The zero-order valence-electron chi connectivity index (χ0n) is 11.1. The molecule has 2 rings (SSSR count). The maximum absolute atomic E-state index is 10.8. The normalized spacial score (nSPS) is 10.1. The van der Waals surface area contributed by atoms with E-state index in [2.05, 4.69) is 4.98 Å². The van der Waals surface area contributed by atoms with Gasteiger partial charge in [-0.25, -0.2) is 4.98 Å². The molecule has 0 atom stereocenters. The number of para-hydroxylation sites is 1. The summed E-state index contributed by atoms with van der Waals surface area (Å²) in [6.45, 7) is 0.258. The molecule has 1 aromatic carbocycles. The van der Waals surface area contributed by atoms with Gasteiger partial charge in [0.05, 0.1) is 19.2 Å². The molecule has 0 saturated heterocycles. The molecule has 20 heavy (non-hydrogen) atoms. The van der Waals surface area contributed by atoms with Gasteiger partial charge in [0.2, 0.25) is 5.88 Å². The number of carboxylic acids is 1. The minimum absolute atomic E-state index is 0.0677. The number of ether oxygens (including phenoxy) is 2. The number of hydrogen-bond donors (Lipinski definition) is 1. The van der Waals surface area contributed by atoms with Gasteiger partial charge in [0.1, 0.15) is 12.4 Å². The molecule has 1 heterocycles. The molecule has 0 fully saturated rings. The molecular formula is C15H15NO4. The maximum Gasteiger partial charge on any atom is 0.307 e. The third-order valence-electron chi connectivity index (χ3n) is 2.68. The number of nitrogens with zero attached hydrogens (tertiary/aromatic N) is 1. The minimum atomic E-state index is -0.888. The highest BCUT2D eigenvalue weighted by Crippen LogP contribution is 2.20. The summed E-state index contributed by atoms with van der Waals surface area (Å²) in [6, 6.07) is 12.5. The molecule has 0 aliphatic rings. The molecule has 5 heteroatoms. The molecule has 0 unspecified atom stereocenters. The minimum Gasteiger partial charge on any atom is -0.487 e. The van der Waals surface area contributed by atoms with Crippen LogP contribution in [-0.4, -0.2) is 23.2 Å². The molecule has 0 aliphatic carbocycles. The molecule has 1 aromatic heterocycles. The number of aliphatic carboxylic acids is 1. The molecule has 0 amide bonds. The van der Waals surface area contributed by atoms with Crippen LogP contribution < -0.4 is 9.47 Å². The van der Waals surface area contributed by atoms with Gasteiger partial charge >= 0.3 is 5.97 Å². The molecule has 0 spiro atoms. The van der Waals surface area contributed by atoms with Crippen molar-refractivity contribution in [2.75, 3.05) is 7.11 Å². The SMILES string of the molecule is COc1cccc(COc2ccccc2CC(=O)O)n1. The lowest BCUT2D eigenvalue weighted by molar-refractivity contribution is -0.136. The fraction of sp³-hybridized carbons (Fsp3) is 0.200. The number of benzene rings is 1. The Morgan fingerprint density at radius 2 is 2.00 bits per heavy atom. The molecule has 0 bridgehead atoms. The van der Waals surface area contributed by atoms with E-state index >= 15 is 0 Å². The molecule has 104 valence electrons. The molecular weight excluding hydrogens is 258 g/mol. The summed E-state index contributed by atoms with van der Waals surface area (Å²) >= 11 is 0. The van der Waals surface area contributed by atoms with E-state index in [9.17, 15) is 4.79 Å². The fourth-order valence-electron chi connectivity index (χ4n) is 1.76. The smallest absolute Gasteiger partial charge is 0.307 e. The Kier molecular flexibility index (Phi) is 4.55. The van der Waals surface area contributed by atoms with Gasteiger partial charge in [0, 0.05) is 11.6 Å². The van der Waals surface area contributed by atoms with E-state index in [0.29, 0.717) is 17.2 Å². The van der Waals surface area contributed by atoms with Gasteiger partial charge in [0.15, 0.2) is 0 Å². The Hall–Kier alpha value is -2.56. The highest BCUT2D eigenvalue weighted by Gasteiger charge is 2.08. The summed E-state index contributed by atoms with van der Waals surface area (Å²) in [7, 11) is 1.55. The number of hydrogen-bond acceptors (Lipinski definition) is 4. The number of methoxy groups -OCH3 is 1. The molecule has 2 aromatic rings. The standard InChI is InChI=1S/C15H15NO4/c1-19-14-8-4-6-12(16-14)10-20-13-7-3-2-5-11(13)9-15(17)18/h2-8H,9-10H2,1H3,(H,17,18). The van der Waals surface area contributed by atoms with Crippen LogP contribution in [0.5, 0.6) is 11.6 Å². The first-order valence-corrected chi connectivity index (χ1v) is 6.11. The Morgan fingerprint density at radius 1 is 1.20 bits per heavy atom. The molecule has 0 radical (unpaired) electrons. The second-order valence-electron chi connectivity index (χ2n) is 4.14. The Labute approximate surface area is 116 Å². The van der Waals surface area contributed by atoms with Crippen LogP contribution in [0, 0.1) is 0 Å². The maximum atomic E-state index is 10.8. The molecule has 0 saturated carbocycles. The van der Waals surface area contributed by atoms with E-state index in [0.717, 1.165) is 5.69 Å². The van der Waals surface area contributed by atoms with Crippen molar-refractivity contribution in [2.45, 2.75) is 13.0 Å². The van der Waals surface area contributed by atoms with Crippen molar-refractivity contribution in [3.05, 3.63) is 53.7 Å². The van der Waals surface area contributed by atoms with Crippen LogP contribution >= 0.6 is 0 Å². The first kappa shape index (κ1) is 13.9. The zero-order valence-corrected chi connectivity index (χ0v) is 11.1. The van der Waals surface area contributed by atoms with Gasteiger partial charge in [-0.2, -0.15) is 0 Å². The average Bonchev–Trinajstić information content (AvgIpc) is 2.46. The van der Waals surface area contributed by atoms with Crippen molar-refractivity contribution in [2.24, 2.45) is 0 Å². The predicted octanol–water partition coefficient (Wildman–Crippen LogP) is 2.30. The number of pyridine rings is 1. The zero-order chi connectivity index (χ0) is 14.4. The Bertz CT molecular complexity index is 598. The first-order valence-electron chi connectivity index (χ1n) is 6.11. The van der Waals surface area contributed by atoms with E-state index in [4.69, 9.17) is 14.6 Å². The van der Waals surface area contributed by atoms with Crippen LogP contribution in [-0.2, 0) is 17.8 Å². The molecule has 1 N–H and O–H groups in total. The number of aromatic nitrogens is 1. The highest BCUT2D eigenvalue weighted by atomic mass is 16.5. The summed E-state index contributed by atoms with van der Waals surface area (Å²) in [6.07, 6.45) is -0.0677. The van der Waals surface area contributed by atoms with Gasteiger partial charge in [-0.05, 0) is 12.1 Å². The van der Waals surface area contributed by atoms with Crippen molar-refractivity contribution < 1.29 is 19.4 Å². The fourth-order valence-corrected chi connectivity index (χ4v) is 1.76. The van der Waals surface area contributed by atoms with E-state index in [-0.39, 0.29) is 13.0 Å². The van der Waals surface area contributed by atoms with Crippen LogP contribution in [0.15, 0.2) is 42.5 Å². The lowest BCUT2D eigenvalue weighted by Gasteiger charge is -2.10. The molecule has 5 nitrogen and oxygen atoms in total. The van der Waals surface area contributed by atoms with Crippen molar-refractivity contribution >= 4 is 5.97 Å². The molecule has 0 aliphatic heterocycles. The number of carboxylic acid groups (broad SMARTS) is 1. The quantitative estimate of drug-likeness (QED) is 0.874. The van der Waals surface area contributed by atoms with E-state index in [1.807, 2.05) is 12.1 Å². The van der Waals surface area contributed by atoms with Gasteiger partial charge in [-0.3, -0.25) is 4.79 Å². The van der Waals surface area contributed by atoms with E-state index < -0.39 is 5.97 Å². The second kappa shape index (κ2) is 6.56. The van der Waals surface area contributed by atoms with Crippen molar-refractivity contribution in [3.8, 4) is 11.6 Å². The van der Waals surface area contributed by atoms with Crippen LogP contribution in [0.3, 0.4) is 0 Å². The summed E-state index contributed by atoms with van der Waals surface area (Å²) < 4.78 is 10.7. The summed E-state index contributed by atoms with van der Waals surface area (Å²) in [4.78, 5) is 15.0. The predicted molar refractivity (Wildman–Crippen MR) is 72.9 cm³/mol. The summed E-state index contributed by atoms with van der Waals surface area (Å²) in [5.74, 6) is 0.185. The van der Waals surface area contributed by atoms with Crippen LogP contribution in [0.2, 0.25) is 0 Å². The van der Waals surface area contributed by atoms with Gasteiger partial charge in [0.25, 0.3) is 0 Å². The van der Waals surface area contributed by atoms with Gasteiger partial charge < -0.3 is 14.6 Å². The Balaban J connectivity index is 2.08. The number of carbonyl (C=O) groups is 1. The van der Waals surface area contributed by atoms with Crippen molar-refractivity contribution in [1.82, 2.24) is 4.98 Å².